The maximum absolute atomic E-state index is 13.6. The van der Waals surface area contributed by atoms with Gasteiger partial charge in [-0.2, -0.15) is 0 Å². The maximum Gasteiger partial charge on any atom is 0.335 e. The number of carbonyl (C=O) groups excluding carboxylic acids is 1. The molecule has 3 aromatic carbocycles. The van der Waals surface area contributed by atoms with Gasteiger partial charge in [0.25, 0.3) is 5.91 Å². The average Bonchev–Trinajstić information content (AvgIpc) is 3.33. The summed E-state index contributed by atoms with van der Waals surface area (Å²) < 4.78 is 10.6. The summed E-state index contributed by atoms with van der Waals surface area (Å²) in [6, 6.07) is 16.1. The number of hydrogen-bond acceptors (Lipinski definition) is 6. The first kappa shape index (κ1) is 19.9. The van der Waals surface area contributed by atoms with Crippen LogP contribution in [-0.2, 0) is 16.8 Å². The number of rotatable bonds is 5. The highest BCUT2D eigenvalue weighted by Crippen LogP contribution is 2.50. The van der Waals surface area contributed by atoms with Crippen molar-refractivity contribution < 1.29 is 34.4 Å². The highest BCUT2D eigenvalue weighted by Gasteiger charge is 2.52. The van der Waals surface area contributed by atoms with Crippen LogP contribution >= 0.6 is 0 Å². The van der Waals surface area contributed by atoms with Crippen LogP contribution in [0.3, 0.4) is 0 Å². The minimum atomic E-state index is -2.13. The molecular weight excluding hydrogens is 414 g/mol. The van der Waals surface area contributed by atoms with Crippen LogP contribution < -0.4 is 14.4 Å². The van der Waals surface area contributed by atoms with Gasteiger partial charge >= 0.3 is 5.97 Å². The van der Waals surface area contributed by atoms with Crippen LogP contribution in [0.1, 0.15) is 27.0 Å². The van der Waals surface area contributed by atoms with Crippen LogP contribution in [-0.4, -0.2) is 40.5 Å². The predicted octanol–water partition coefficient (Wildman–Crippen LogP) is 2.64. The molecule has 0 saturated carbocycles. The lowest BCUT2D eigenvalue weighted by Gasteiger charge is -2.25. The number of aromatic hydroxyl groups is 1. The normalized spacial score (nSPS) is 18.7. The number of aromatic carboxylic acids is 1. The van der Waals surface area contributed by atoms with Crippen molar-refractivity contribution in [3.05, 3.63) is 82.9 Å². The second kappa shape index (κ2) is 7.28. The minimum Gasteiger partial charge on any atom is -0.507 e. The van der Waals surface area contributed by atoms with Crippen molar-refractivity contribution in [2.45, 2.75) is 12.0 Å². The lowest BCUT2D eigenvalue weighted by molar-refractivity contribution is -0.132. The van der Waals surface area contributed by atoms with Gasteiger partial charge in [-0.25, -0.2) is 4.79 Å². The number of fused-ring (bicyclic) bond motifs is 2. The standard InChI is InChI=1S/C24H19NO7/c26-19-12-21-20(31-13-32-21)11-17(19)24(30)16-7-3-4-8-18(16)25(23(24)29)10-9-14-5-1-2-6-15(14)22(27)28/h1-8,11-12,26,30H,9-10,13H2,(H,27,28). The van der Waals surface area contributed by atoms with Gasteiger partial charge in [-0.15, -0.1) is 0 Å². The fraction of sp³-hybridized carbons (Fsp3) is 0.167. The molecule has 1 amide bonds. The Balaban J connectivity index is 1.54. The number of hydrogen-bond donors (Lipinski definition) is 3. The van der Waals surface area contributed by atoms with E-state index in [0.29, 0.717) is 28.3 Å². The molecule has 8 nitrogen and oxygen atoms in total. The van der Waals surface area contributed by atoms with E-state index in [9.17, 15) is 24.9 Å². The quantitative estimate of drug-likeness (QED) is 0.566. The minimum absolute atomic E-state index is 0.00682. The smallest absolute Gasteiger partial charge is 0.335 e. The molecule has 0 saturated heterocycles. The van der Waals surface area contributed by atoms with Gasteiger partial charge in [-0.05, 0) is 30.2 Å². The lowest BCUT2D eigenvalue weighted by Crippen LogP contribution is -2.42. The number of amides is 1. The Morgan fingerprint density at radius 2 is 1.69 bits per heavy atom. The van der Waals surface area contributed by atoms with Gasteiger partial charge in [0.1, 0.15) is 5.75 Å². The highest BCUT2D eigenvalue weighted by molar-refractivity contribution is 6.09. The number of aliphatic hydroxyl groups is 1. The van der Waals surface area contributed by atoms with E-state index in [1.807, 2.05) is 0 Å². The van der Waals surface area contributed by atoms with Gasteiger partial charge in [-0.3, -0.25) is 4.79 Å². The second-order valence-corrected chi connectivity index (χ2v) is 7.62. The Morgan fingerprint density at radius 3 is 2.47 bits per heavy atom. The van der Waals surface area contributed by atoms with Gasteiger partial charge in [0.05, 0.1) is 11.3 Å². The Bertz CT molecular complexity index is 1250. The summed E-state index contributed by atoms with van der Waals surface area (Å²) in [6.45, 7) is 0.129. The van der Waals surface area contributed by atoms with Crippen LogP contribution in [0.15, 0.2) is 60.7 Å². The number of anilines is 1. The molecule has 0 spiro atoms. The van der Waals surface area contributed by atoms with Crippen LogP contribution in [0.4, 0.5) is 5.69 Å². The van der Waals surface area contributed by atoms with E-state index in [4.69, 9.17) is 9.47 Å². The molecule has 2 aliphatic rings. The Morgan fingerprint density at radius 1 is 1.00 bits per heavy atom. The molecule has 1 unspecified atom stereocenters. The third-order valence-electron chi connectivity index (χ3n) is 5.87. The van der Waals surface area contributed by atoms with Gasteiger partial charge in [0.15, 0.2) is 11.5 Å². The van der Waals surface area contributed by atoms with E-state index in [2.05, 4.69) is 0 Å². The van der Waals surface area contributed by atoms with E-state index in [1.54, 1.807) is 42.5 Å². The first-order valence-corrected chi connectivity index (χ1v) is 9.99. The Kier molecular flexibility index (Phi) is 4.53. The fourth-order valence-electron chi connectivity index (χ4n) is 4.32. The Hall–Kier alpha value is -4.04. The number of carboxylic acid groups (broad SMARTS) is 1. The van der Waals surface area contributed by atoms with E-state index >= 15 is 0 Å². The lowest BCUT2D eigenvalue weighted by atomic mass is 9.86. The van der Waals surface area contributed by atoms with Gasteiger partial charge in [0, 0.05) is 23.7 Å². The number of phenols is 1. The number of benzene rings is 3. The summed E-state index contributed by atoms with van der Waals surface area (Å²) in [4.78, 5) is 26.5. The molecule has 0 radical (unpaired) electrons. The van der Waals surface area contributed by atoms with Gasteiger partial charge < -0.3 is 29.7 Å². The maximum atomic E-state index is 13.6. The number of carboxylic acids is 1. The first-order valence-electron chi connectivity index (χ1n) is 9.99. The molecule has 3 N–H and O–H groups in total. The number of phenolic OH excluding ortho intramolecular Hbond substituents is 1. The summed E-state index contributed by atoms with van der Waals surface area (Å²) in [5.74, 6) is -1.32. The second-order valence-electron chi connectivity index (χ2n) is 7.62. The molecule has 5 rings (SSSR count). The molecule has 0 bridgehead atoms. The largest absolute Gasteiger partial charge is 0.507 e. The van der Waals surface area contributed by atoms with Crippen molar-refractivity contribution in [3.63, 3.8) is 0 Å². The molecule has 8 heteroatoms. The Labute approximate surface area is 182 Å². The molecule has 0 aromatic heterocycles. The van der Waals surface area contributed by atoms with Gasteiger partial charge in [-0.1, -0.05) is 36.4 Å². The monoisotopic (exact) mass is 433 g/mol. The molecule has 2 aliphatic heterocycles. The van der Waals surface area contributed by atoms with Crippen molar-refractivity contribution >= 4 is 17.6 Å². The zero-order valence-electron chi connectivity index (χ0n) is 16.8. The summed E-state index contributed by atoms with van der Waals surface area (Å²) in [5, 5.41) is 31.7. The van der Waals surface area contributed by atoms with Crippen molar-refractivity contribution in [1.82, 2.24) is 0 Å². The SMILES string of the molecule is O=C(O)c1ccccc1CCN1C(=O)C(O)(c2cc3c(cc2O)OCO3)c2ccccc21. The van der Waals surface area contributed by atoms with Crippen molar-refractivity contribution in [1.29, 1.82) is 0 Å². The van der Waals surface area contributed by atoms with E-state index < -0.39 is 17.5 Å². The third kappa shape index (κ3) is 2.88. The van der Waals surface area contributed by atoms with E-state index in [0.717, 1.165) is 0 Å². The topological polar surface area (TPSA) is 117 Å². The molecule has 0 aliphatic carbocycles. The van der Waals surface area contributed by atoms with Crippen LogP contribution in [0.25, 0.3) is 0 Å². The van der Waals surface area contributed by atoms with Crippen molar-refractivity contribution in [2.75, 3.05) is 18.2 Å². The molecule has 2 heterocycles. The molecule has 1 atom stereocenters. The number of ether oxygens (including phenoxy) is 2. The van der Waals surface area contributed by atoms with Gasteiger partial charge in [0.2, 0.25) is 12.4 Å². The zero-order valence-corrected chi connectivity index (χ0v) is 16.8. The predicted molar refractivity (Wildman–Crippen MR) is 113 cm³/mol. The first-order chi connectivity index (χ1) is 15.4. The summed E-state index contributed by atoms with van der Waals surface area (Å²) in [5.41, 5.74) is -0.584. The molecule has 0 fully saturated rings. The van der Waals surface area contributed by atoms with Crippen LogP contribution in [0.5, 0.6) is 17.2 Å². The van der Waals surface area contributed by atoms with Crippen molar-refractivity contribution in [3.8, 4) is 17.2 Å². The van der Waals surface area contributed by atoms with E-state index in [-0.39, 0.29) is 36.6 Å². The third-order valence-corrected chi connectivity index (χ3v) is 5.87. The average molecular weight is 433 g/mol. The number of carbonyl (C=O) groups is 2. The molecule has 3 aromatic rings. The van der Waals surface area contributed by atoms with Crippen molar-refractivity contribution in [2.24, 2.45) is 0 Å². The molecular formula is C24H19NO7. The van der Waals surface area contributed by atoms with Crippen LogP contribution in [0, 0.1) is 0 Å². The fourth-order valence-corrected chi connectivity index (χ4v) is 4.32. The number of nitrogens with zero attached hydrogens (tertiary/aromatic N) is 1. The highest BCUT2D eigenvalue weighted by atomic mass is 16.7. The number of para-hydroxylation sites is 1. The van der Waals surface area contributed by atoms with E-state index in [1.165, 1.54) is 23.1 Å². The summed E-state index contributed by atoms with van der Waals surface area (Å²) >= 11 is 0. The molecule has 162 valence electrons. The summed E-state index contributed by atoms with van der Waals surface area (Å²) in [7, 11) is 0. The summed E-state index contributed by atoms with van der Waals surface area (Å²) in [6.07, 6.45) is 0.270. The van der Waals surface area contributed by atoms with Crippen LogP contribution in [0.2, 0.25) is 0 Å². The molecule has 32 heavy (non-hydrogen) atoms. The zero-order chi connectivity index (χ0) is 22.5.